The summed E-state index contributed by atoms with van der Waals surface area (Å²) in [5.74, 6) is 0.636. The van der Waals surface area contributed by atoms with Gasteiger partial charge in [-0.05, 0) is 23.3 Å². The number of aliphatic hydroxyl groups is 1. The third-order valence-electron chi connectivity index (χ3n) is 3.74. The first-order valence-electron chi connectivity index (χ1n) is 7.33. The Bertz CT molecular complexity index is 648. The maximum Gasteiger partial charge on any atom is 0.221 e. The van der Waals surface area contributed by atoms with Crippen molar-refractivity contribution in [2.75, 3.05) is 5.75 Å². The van der Waals surface area contributed by atoms with Crippen LogP contribution in [-0.2, 0) is 11.2 Å². The fraction of sp³-hybridized carbons (Fsp3) is 0.294. The van der Waals surface area contributed by atoms with E-state index in [4.69, 9.17) is 0 Å². The second-order valence-corrected chi connectivity index (χ2v) is 6.40. The number of benzene rings is 1. The number of fused-ring (bicyclic) bond motifs is 1. The number of nitrogens with one attached hydrogen (secondary N) is 1. The summed E-state index contributed by atoms with van der Waals surface area (Å²) >= 11 is 1.56. The predicted molar refractivity (Wildman–Crippen MR) is 86.6 cm³/mol. The molecule has 22 heavy (non-hydrogen) atoms. The minimum absolute atomic E-state index is 0.0378. The molecule has 0 saturated carbocycles. The number of aliphatic hydroxyl groups excluding tert-OH is 1. The van der Waals surface area contributed by atoms with Crippen LogP contribution in [0, 0.1) is 0 Å². The molecule has 0 saturated heterocycles. The number of amides is 1. The van der Waals surface area contributed by atoms with E-state index in [1.54, 1.807) is 18.0 Å². The zero-order chi connectivity index (χ0) is 15.4. The van der Waals surface area contributed by atoms with Crippen molar-refractivity contribution in [2.24, 2.45) is 0 Å². The van der Waals surface area contributed by atoms with Gasteiger partial charge in [-0.25, -0.2) is 4.98 Å². The number of thioether (sulfide) groups is 1. The number of hydrogen-bond donors (Lipinski definition) is 2. The SMILES string of the molecule is O=C(CCSc1ccccn1)N[C@H]1c2ccccc2C[C@@H]1O. The number of nitrogens with zero attached hydrogens (tertiary/aromatic N) is 1. The van der Waals surface area contributed by atoms with E-state index < -0.39 is 6.10 Å². The highest BCUT2D eigenvalue weighted by atomic mass is 32.2. The van der Waals surface area contributed by atoms with Crippen molar-refractivity contribution in [1.29, 1.82) is 0 Å². The van der Waals surface area contributed by atoms with E-state index in [2.05, 4.69) is 10.3 Å². The highest BCUT2D eigenvalue weighted by Gasteiger charge is 2.31. The highest BCUT2D eigenvalue weighted by molar-refractivity contribution is 7.99. The van der Waals surface area contributed by atoms with Gasteiger partial charge in [0, 0.05) is 24.8 Å². The Labute approximate surface area is 134 Å². The third kappa shape index (κ3) is 3.48. The van der Waals surface area contributed by atoms with Gasteiger partial charge in [0.05, 0.1) is 17.2 Å². The monoisotopic (exact) mass is 314 g/mol. The summed E-state index contributed by atoms with van der Waals surface area (Å²) in [5, 5.41) is 14.0. The van der Waals surface area contributed by atoms with Crippen molar-refractivity contribution in [3.8, 4) is 0 Å². The lowest BCUT2D eigenvalue weighted by molar-refractivity contribution is -0.122. The third-order valence-corrected chi connectivity index (χ3v) is 4.68. The van der Waals surface area contributed by atoms with Crippen molar-refractivity contribution in [3.05, 3.63) is 59.8 Å². The Hall–Kier alpha value is -1.85. The van der Waals surface area contributed by atoms with E-state index in [1.807, 2.05) is 42.5 Å². The van der Waals surface area contributed by atoms with Crippen LogP contribution in [0.1, 0.15) is 23.6 Å². The van der Waals surface area contributed by atoms with Gasteiger partial charge in [-0.3, -0.25) is 4.79 Å². The second kappa shape index (κ2) is 6.94. The Morgan fingerprint density at radius 3 is 2.91 bits per heavy atom. The first-order chi connectivity index (χ1) is 10.7. The van der Waals surface area contributed by atoms with Gasteiger partial charge < -0.3 is 10.4 Å². The second-order valence-electron chi connectivity index (χ2n) is 5.28. The van der Waals surface area contributed by atoms with Crippen LogP contribution in [0.25, 0.3) is 0 Å². The quantitative estimate of drug-likeness (QED) is 0.832. The lowest BCUT2D eigenvalue weighted by Crippen LogP contribution is -2.34. The lowest BCUT2D eigenvalue weighted by atomic mass is 10.1. The molecule has 2 N–H and O–H groups in total. The highest BCUT2D eigenvalue weighted by Crippen LogP contribution is 2.31. The summed E-state index contributed by atoms with van der Waals surface area (Å²) in [7, 11) is 0. The first kappa shape index (κ1) is 15.1. The van der Waals surface area contributed by atoms with Gasteiger partial charge >= 0.3 is 0 Å². The van der Waals surface area contributed by atoms with E-state index >= 15 is 0 Å². The predicted octanol–water partition coefficient (Wildman–Crippen LogP) is 2.34. The molecule has 1 aliphatic rings. The Morgan fingerprint density at radius 2 is 2.09 bits per heavy atom. The molecular weight excluding hydrogens is 296 g/mol. The molecule has 3 rings (SSSR count). The van der Waals surface area contributed by atoms with E-state index in [-0.39, 0.29) is 11.9 Å². The Balaban J connectivity index is 1.52. The van der Waals surface area contributed by atoms with E-state index in [0.717, 1.165) is 16.2 Å². The van der Waals surface area contributed by atoms with Gasteiger partial charge in [-0.2, -0.15) is 0 Å². The molecule has 2 atom stereocenters. The molecule has 0 fully saturated rings. The molecule has 1 amide bonds. The normalized spacial score (nSPS) is 19.7. The fourth-order valence-electron chi connectivity index (χ4n) is 2.67. The molecule has 2 aromatic rings. The van der Waals surface area contributed by atoms with Crippen molar-refractivity contribution >= 4 is 17.7 Å². The average molecular weight is 314 g/mol. The lowest BCUT2D eigenvalue weighted by Gasteiger charge is -2.17. The van der Waals surface area contributed by atoms with Crippen molar-refractivity contribution < 1.29 is 9.90 Å². The molecule has 4 nitrogen and oxygen atoms in total. The summed E-state index contributed by atoms with van der Waals surface area (Å²) in [5.41, 5.74) is 2.14. The van der Waals surface area contributed by atoms with E-state index in [1.165, 1.54) is 0 Å². The van der Waals surface area contributed by atoms with Crippen molar-refractivity contribution in [3.63, 3.8) is 0 Å². The number of hydrogen-bond acceptors (Lipinski definition) is 4. The van der Waals surface area contributed by atoms with Gasteiger partial charge in [0.1, 0.15) is 0 Å². The number of pyridine rings is 1. The summed E-state index contributed by atoms with van der Waals surface area (Å²) < 4.78 is 0. The summed E-state index contributed by atoms with van der Waals surface area (Å²) in [6.07, 6.45) is 2.22. The molecule has 0 spiro atoms. The largest absolute Gasteiger partial charge is 0.390 e. The number of rotatable bonds is 5. The van der Waals surface area contributed by atoms with Crippen LogP contribution in [-0.4, -0.2) is 27.9 Å². The number of aromatic nitrogens is 1. The molecule has 0 aliphatic heterocycles. The molecule has 0 radical (unpaired) electrons. The standard InChI is InChI=1S/C17H18N2O2S/c20-14-11-12-5-1-2-6-13(12)17(14)19-15(21)8-10-22-16-7-3-4-9-18-16/h1-7,9,14,17,20H,8,10-11H2,(H,19,21)/t14-,17-/m0/s1. The van der Waals surface area contributed by atoms with Gasteiger partial charge in [-0.15, -0.1) is 11.8 Å². The molecule has 114 valence electrons. The molecule has 1 aromatic heterocycles. The molecule has 5 heteroatoms. The van der Waals surface area contributed by atoms with Crippen LogP contribution in [0.15, 0.2) is 53.7 Å². The first-order valence-corrected chi connectivity index (χ1v) is 8.31. The summed E-state index contributed by atoms with van der Waals surface area (Å²) in [6, 6.07) is 13.3. The van der Waals surface area contributed by atoms with Crippen LogP contribution in [0.3, 0.4) is 0 Å². The molecular formula is C17H18N2O2S. The average Bonchev–Trinajstić information content (AvgIpc) is 2.84. The molecule has 0 bridgehead atoms. The van der Waals surface area contributed by atoms with E-state index in [9.17, 15) is 9.90 Å². The zero-order valence-electron chi connectivity index (χ0n) is 12.1. The van der Waals surface area contributed by atoms with Crippen molar-refractivity contribution in [1.82, 2.24) is 10.3 Å². The minimum atomic E-state index is -0.537. The molecule has 0 unspecified atom stereocenters. The zero-order valence-corrected chi connectivity index (χ0v) is 12.9. The number of carbonyl (C=O) groups excluding carboxylic acids is 1. The van der Waals surface area contributed by atoms with Crippen LogP contribution in [0.5, 0.6) is 0 Å². The Morgan fingerprint density at radius 1 is 1.27 bits per heavy atom. The van der Waals surface area contributed by atoms with Crippen LogP contribution >= 0.6 is 11.8 Å². The number of carbonyl (C=O) groups is 1. The summed E-state index contributed by atoms with van der Waals surface area (Å²) in [6.45, 7) is 0. The van der Waals surface area contributed by atoms with Crippen LogP contribution in [0.4, 0.5) is 0 Å². The van der Waals surface area contributed by atoms with Gasteiger partial charge in [0.25, 0.3) is 0 Å². The van der Waals surface area contributed by atoms with Crippen molar-refractivity contribution in [2.45, 2.75) is 30.0 Å². The molecule has 1 heterocycles. The van der Waals surface area contributed by atoms with Crippen LogP contribution < -0.4 is 5.32 Å². The van der Waals surface area contributed by atoms with Gasteiger partial charge in [0.2, 0.25) is 5.91 Å². The van der Waals surface area contributed by atoms with E-state index in [0.29, 0.717) is 18.6 Å². The van der Waals surface area contributed by atoms with Gasteiger partial charge in [-0.1, -0.05) is 30.3 Å². The molecule has 1 aromatic carbocycles. The maximum atomic E-state index is 12.1. The topological polar surface area (TPSA) is 62.2 Å². The van der Waals surface area contributed by atoms with Crippen LogP contribution in [0.2, 0.25) is 0 Å². The minimum Gasteiger partial charge on any atom is -0.390 e. The molecule has 1 aliphatic carbocycles. The smallest absolute Gasteiger partial charge is 0.221 e. The Kier molecular flexibility index (Phi) is 4.75. The summed E-state index contributed by atoms with van der Waals surface area (Å²) in [4.78, 5) is 16.3. The maximum absolute atomic E-state index is 12.1. The van der Waals surface area contributed by atoms with Gasteiger partial charge in [0.15, 0.2) is 0 Å². The fourth-order valence-corrected chi connectivity index (χ4v) is 3.48.